The Balaban J connectivity index is 1.62. The van der Waals surface area contributed by atoms with Crippen LogP contribution in [-0.2, 0) is 43.5 Å². The summed E-state index contributed by atoms with van der Waals surface area (Å²) in [5.74, 6) is -2.45. The summed E-state index contributed by atoms with van der Waals surface area (Å²) in [5, 5.41) is 41.9. The predicted molar refractivity (Wildman–Crippen MR) is 185 cm³/mol. The van der Waals surface area contributed by atoms with E-state index in [1.807, 2.05) is 12.1 Å². The highest BCUT2D eigenvalue weighted by molar-refractivity contribution is 9.10. The fourth-order valence-electron chi connectivity index (χ4n) is 5.46. The molecule has 7 atom stereocenters. The minimum atomic E-state index is -1.99. The van der Waals surface area contributed by atoms with Gasteiger partial charge in [-0.25, -0.2) is 0 Å². The van der Waals surface area contributed by atoms with Crippen molar-refractivity contribution >= 4 is 49.6 Å². The minimum absolute atomic E-state index is 0.123. The Morgan fingerprint density at radius 3 is 1.79 bits per heavy atom. The van der Waals surface area contributed by atoms with Crippen LogP contribution in [0.15, 0.2) is 81.7 Å². The predicted octanol–water partition coefficient (Wildman–Crippen LogP) is 3.07. The number of benzene rings is 3. The monoisotopic (exact) mass is 789 g/mol. The molecule has 0 fully saturated rings. The number of aliphatic hydroxyl groups is 3. The summed E-state index contributed by atoms with van der Waals surface area (Å²) in [6.07, 6.45) is -7.99. The zero-order chi connectivity index (χ0) is 35.0. The molecule has 0 aliphatic heterocycles. The van der Waals surface area contributed by atoms with E-state index in [0.29, 0.717) is 17.5 Å². The average molecular weight is 792 g/mol. The summed E-state index contributed by atoms with van der Waals surface area (Å²) in [6.45, 7) is 3.23. The Hall–Kier alpha value is -3.17. The highest BCUT2D eigenvalue weighted by Crippen LogP contribution is 2.31. The van der Waals surface area contributed by atoms with Crippen molar-refractivity contribution in [3.05, 3.63) is 104 Å². The number of halogens is 2. The first kappa shape index (κ1) is 37.6. The molecule has 3 aromatic carbocycles. The molecule has 1 aliphatic carbocycles. The second-order valence-corrected chi connectivity index (χ2v) is 13.8. The zero-order valence-corrected chi connectivity index (χ0v) is 30.0. The molecule has 0 saturated carbocycles. The van der Waals surface area contributed by atoms with Gasteiger partial charge in [0.25, 0.3) is 11.8 Å². The number of hydrogen-bond acceptors (Lipinski definition) is 8. The highest BCUT2D eigenvalue weighted by Gasteiger charge is 2.43. The molecule has 0 heterocycles. The van der Waals surface area contributed by atoms with E-state index in [2.05, 4.69) is 47.8 Å². The number of aliphatic hydroxyl groups excluding tert-OH is 3. The van der Waals surface area contributed by atoms with Crippen LogP contribution < -0.4 is 16.0 Å². The van der Waals surface area contributed by atoms with Crippen LogP contribution in [0.1, 0.15) is 42.1 Å². The van der Waals surface area contributed by atoms with Gasteiger partial charge in [0, 0.05) is 22.4 Å². The number of likely N-dealkylation sites (N-methyl/N-ethyl adjacent to an activating group) is 1. The van der Waals surface area contributed by atoms with Gasteiger partial charge in [0.05, 0.1) is 25.4 Å². The Bertz CT molecular complexity index is 1540. The maximum absolute atomic E-state index is 13.9. The van der Waals surface area contributed by atoms with Crippen molar-refractivity contribution in [1.29, 1.82) is 0 Å². The fourth-order valence-corrected chi connectivity index (χ4v) is 5.99. The molecule has 0 aromatic heterocycles. The molecule has 0 bridgehead atoms. The summed E-state index contributed by atoms with van der Waals surface area (Å²) < 4.78 is 13.5. The fraction of sp³-hybridized carbons (Fsp3) is 0.400. The van der Waals surface area contributed by atoms with E-state index < -0.39 is 60.3 Å². The van der Waals surface area contributed by atoms with Crippen LogP contribution in [0.4, 0.5) is 0 Å². The van der Waals surface area contributed by atoms with Crippen LogP contribution in [-0.4, -0.2) is 76.7 Å². The molecule has 258 valence electrons. The van der Waals surface area contributed by atoms with Gasteiger partial charge in [-0.2, -0.15) is 0 Å². The van der Waals surface area contributed by atoms with Crippen LogP contribution in [0, 0.1) is 5.92 Å². The molecule has 3 amide bonds. The molecule has 3 aromatic rings. The number of carbonyl (C=O) groups excluding carboxylic acids is 3. The summed E-state index contributed by atoms with van der Waals surface area (Å²) in [4.78, 5) is 40.1. The van der Waals surface area contributed by atoms with Crippen LogP contribution in [0.25, 0.3) is 0 Å². The van der Waals surface area contributed by atoms with Crippen molar-refractivity contribution in [3.63, 3.8) is 0 Å². The topological polar surface area (TPSA) is 166 Å². The van der Waals surface area contributed by atoms with Crippen LogP contribution in [0.3, 0.4) is 0 Å². The standard InChI is InChI=1S/C35H41Br2N3O8/c1-19(2)27(33(44)38-3)39-34(45)31(47-17-20-8-12-23(36)13-9-20)29(42)30(43)32(48-18-21-10-14-24(37)15-11-21)35(46)40-28-25-7-5-4-6-22(25)16-26(28)41/h4-15,19,26-32,41-43H,16-18H2,1-3H3,(H,38,44)(H,39,45)(H,40,46)/t26-,27+,28+,29-,30-,31-,32-/m1/s1. The second kappa shape index (κ2) is 17.5. The van der Waals surface area contributed by atoms with E-state index in [-0.39, 0.29) is 19.1 Å². The lowest BCUT2D eigenvalue weighted by Gasteiger charge is -2.32. The van der Waals surface area contributed by atoms with Crippen molar-refractivity contribution in [2.24, 2.45) is 5.92 Å². The van der Waals surface area contributed by atoms with Gasteiger partial charge in [0.2, 0.25) is 5.91 Å². The van der Waals surface area contributed by atoms with Crippen molar-refractivity contribution in [2.75, 3.05) is 7.05 Å². The molecule has 4 rings (SSSR count). The maximum Gasteiger partial charge on any atom is 0.252 e. The van der Waals surface area contributed by atoms with Gasteiger partial charge in [0.1, 0.15) is 18.2 Å². The number of amides is 3. The lowest BCUT2D eigenvalue weighted by Crippen LogP contribution is -2.59. The highest BCUT2D eigenvalue weighted by atomic mass is 79.9. The van der Waals surface area contributed by atoms with Crippen molar-refractivity contribution in [3.8, 4) is 0 Å². The number of nitrogens with one attached hydrogen (secondary N) is 3. The van der Waals surface area contributed by atoms with E-state index in [9.17, 15) is 29.7 Å². The molecular weight excluding hydrogens is 750 g/mol. The first-order valence-electron chi connectivity index (χ1n) is 15.6. The Labute approximate surface area is 296 Å². The average Bonchev–Trinajstić information content (AvgIpc) is 3.38. The lowest BCUT2D eigenvalue weighted by atomic mass is 9.98. The van der Waals surface area contributed by atoms with Crippen LogP contribution >= 0.6 is 31.9 Å². The Morgan fingerprint density at radius 2 is 1.29 bits per heavy atom. The molecule has 0 saturated heterocycles. The number of carbonyl (C=O) groups is 3. The van der Waals surface area contributed by atoms with Crippen molar-refractivity contribution in [2.45, 2.75) is 76.1 Å². The molecule has 0 radical (unpaired) electrons. The van der Waals surface area contributed by atoms with Gasteiger partial charge in [-0.1, -0.05) is 94.2 Å². The first-order chi connectivity index (χ1) is 22.9. The van der Waals surface area contributed by atoms with E-state index in [1.54, 1.807) is 74.5 Å². The van der Waals surface area contributed by atoms with Gasteiger partial charge in [-0.05, 0) is 52.4 Å². The third-order valence-electron chi connectivity index (χ3n) is 8.17. The van der Waals surface area contributed by atoms with E-state index in [4.69, 9.17) is 9.47 Å². The quantitative estimate of drug-likeness (QED) is 0.137. The first-order valence-corrected chi connectivity index (χ1v) is 17.1. The van der Waals surface area contributed by atoms with Gasteiger partial charge < -0.3 is 40.7 Å². The van der Waals surface area contributed by atoms with Crippen LogP contribution in [0.5, 0.6) is 0 Å². The number of fused-ring (bicyclic) bond motifs is 1. The number of rotatable bonds is 15. The molecule has 0 spiro atoms. The van der Waals surface area contributed by atoms with E-state index in [1.165, 1.54) is 7.05 Å². The summed E-state index contributed by atoms with van der Waals surface area (Å²) in [6, 6.07) is 19.7. The van der Waals surface area contributed by atoms with Gasteiger partial charge in [-0.15, -0.1) is 0 Å². The lowest BCUT2D eigenvalue weighted by molar-refractivity contribution is -0.171. The largest absolute Gasteiger partial charge is 0.390 e. The molecule has 13 heteroatoms. The molecule has 6 N–H and O–H groups in total. The van der Waals surface area contributed by atoms with E-state index >= 15 is 0 Å². The van der Waals surface area contributed by atoms with E-state index in [0.717, 1.165) is 20.1 Å². The van der Waals surface area contributed by atoms with Crippen molar-refractivity contribution in [1.82, 2.24) is 16.0 Å². The third kappa shape index (κ3) is 9.71. The summed E-state index contributed by atoms with van der Waals surface area (Å²) >= 11 is 6.76. The molecule has 11 nitrogen and oxygen atoms in total. The normalized spacial score (nSPS) is 18.7. The second-order valence-electron chi connectivity index (χ2n) is 12.0. The maximum atomic E-state index is 13.9. The number of ether oxygens (including phenoxy) is 2. The molecular formula is C35H41Br2N3O8. The van der Waals surface area contributed by atoms with Crippen LogP contribution in [0.2, 0.25) is 0 Å². The molecule has 0 unspecified atom stereocenters. The minimum Gasteiger partial charge on any atom is -0.390 e. The van der Waals surface area contributed by atoms with Gasteiger partial charge in [-0.3, -0.25) is 14.4 Å². The van der Waals surface area contributed by atoms with Gasteiger partial charge in [0.15, 0.2) is 12.2 Å². The zero-order valence-electron chi connectivity index (χ0n) is 26.8. The van der Waals surface area contributed by atoms with Gasteiger partial charge >= 0.3 is 0 Å². The SMILES string of the molecule is CNC(=O)[C@@H](NC(=O)[C@H](OCc1ccc(Br)cc1)[C@H](O)[C@@H](O)[C@@H](OCc1ccc(Br)cc1)C(=O)N[C@H]1c2ccccc2C[C@H]1O)C(C)C. The smallest absolute Gasteiger partial charge is 0.252 e. The number of hydrogen-bond donors (Lipinski definition) is 6. The Morgan fingerprint density at radius 1 is 0.792 bits per heavy atom. The van der Waals surface area contributed by atoms with Crippen molar-refractivity contribution < 1.29 is 39.2 Å². The molecule has 1 aliphatic rings. The molecule has 48 heavy (non-hydrogen) atoms. The third-order valence-corrected chi connectivity index (χ3v) is 9.23. The summed E-state index contributed by atoms with van der Waals surface area (Å²) in [7, 11) is 1.44. The summed E-state index contributed by atoms with van der Waals surface area (Å²) in [5.41, 5.74) is 2.94. The Kier molecular flexibility index (Phi) is 13.7.